The van der Waals surface area contributed by atoms with Crippen molar-refractivity contribution in [3.05, 3.63) is 0 Å². The summed E-state index contributed by atoms with van der Waals surface area (Å²) in [6, 6.07) is 0. The van der Waals surface area contributed by atoms with Gasteiger partial charge < -0.3 is 5.32 Å². The molecule has 0 atom stereocenters. The molecule has 0 bridgehead atoms. The Labute approximate surface area is 80.8 Å². The van der Waals surface area contributed by atoms with Crippen LogP contribution in [0, 0.1) is 0 Å². The largest absolute Gasteiger partial charge is 0.315 e. The van der Waals surface area contributed by atoms with Gasteiger partial charge in [-0.25, -0.2) is 8.42 Å². The Morgan fingerprint density at radius 2 is 2.00 bits per heavy atom. The molecule has 0 heterocycles. The Hall–Kier alpha value is -0.0900. The molecular weight excluding hydrogens is 186 g/mol. The molecule has 1 saturated carbocycles. The Morgan fingerprint density at radius 3 is 2.31 bits per heavy atom. The molecule has 13 heavy (non-hydrogen) atoms. The van der Waals surface area contributed by atoms with Crippen LogP contribution in [-0.2, 0) is 9.84 Å². The Balaban J connectivity index is 2.51. The molecule has 0 aromatic heterocycles. The van der Waals surface area contributed by atoms with Crippen molar-refractivity contribution in [3.63, 3.8) is 0 Å². The van der Waals surface area contributed by atoms with E-state index in [-0.39, 0.29) is 0 Å². The smallest absolute Gasteiger partial charge is 0.154 e. The average Bonchev–Trinajstić information content (AvgIpc) is 1.91. The highest BCUT2D eigenvalue weighted by molar-refractivity contribution is 7.92. The fourth-order valence-corrected chi connectivity index (χ4v) is 3.14. The summed E-state index contributed by atoms with van der Waals surface area (Å²) in [6.45, 7) is 3.64. The molecule has 0 aliphatic heterocycles. The number of hydrogen-bond donors (Lipinski definition) is 1. The average molecular weight is 205 g/mol. The minimum absolute atomic E-state index is 0.428. The molecule has 0 spiro atoms. The van der Waals surface area contributed by atoms with Crippen molar-refractivity contribution >= 4 is 9.84 Å². The molecule has 0 saturated heterocycles. The summed E-state index contributed by atoms with van der Waals surface area (Å²) in [4.78, 5) is 0. The normalized spacial score (nSPS) is 21.1. The Kier molecular flexibility index (Phi) is 3.35. The molecule has 0 unspecified atom stereocenters. The van der Waals surface area contributed by atoms with E-state index in [1.807, 2.05) is 0 Å². The summed E-state index contributed by atoms with van der Waals surface area (Å²) in [7, 11) is -2.87. The lowest BCUT2D eigenvalue weighted by atomic mass is 9.84. The quantitative estimate of drug-likeness (QED) is 0.680. The van der Waals surface area contributed by atoms with Gasteiger partial charge in [0.05, 0.1) is 4.75 Å². The van der Waals surface area contributed by atoms with Gasteiger partial charge in [0.25, 0.3) is 0 Å². The van der Waals surface area contributed by atoms with Crippen molar-refractivity contribution in [2.75, 3.05) is 19.3 Å². The van der Waals surface area contributed by atoms with Crippen LogP contribution in [0.4, 0.5) is 0 Å². The maximum absolute atomic E-state index is 11.5. The number of hydrogen-bond acceptors (Lipinski definition) is 3. The van der Waals surface area contributed by atoms with Gasteiger partial charge >= 0.3 is 0 Å². The third kappa shape index (κ3) is 2.23. The van der Waals surface area contributed by atoms with Crippen LogP contribution in [0.5, 0.6) is 0 Å². The van der Waals surface area contributed by atoms with E-state index in [4.69, 9.17) is 0 Å². The van der Waals surface area contributed by atoms with E-state index in [2.05, 4.69) is 12.2 Å². The highest BCUT2D eigenvalue weighted by atomic mass is 32.2. The predicted molar refractivity (Wildman–Crippen MR) is 54.6 cm³/mol. The highest BCUT2D eigenvalue weighted by Crippen LogP contribution is 2.38. The van der Waals surface area contributed by atoms with Crippen LogP contribution in [0.3, 0.4) is 0 Å². The van der Waals surface area contributed by atoms with E-state index < -0.39 is 14.6 Å². The van der Waals surface area contributed by atoms with Crippen molar-refractivity contribution in [1.82, 2.24) is 5.32 Å². The summed E-state index contributed by atoms with van der Waals surface area (Å²) < 4.78 is 22.6. The van der Waals surface area contributed by atoms with Gasteiger partial charge in [0, 0.05) is 12.8 Å². The number of sulfone groups is 1. The van der Waals surface area contributed by atoms with Crippen LogP contribution in [0.1, 0.15) is 32.6 Å². The van der Waals surface area contributed by atoms with Gasteiger partial charge in [-0.3, -0.25) is 0 Å². The van der Waals surface area contributed by atoms with Gasteiger partial charge in [-0.2, -0.15) is 0 Å². The van der Waals surface area contributed by atoms with Gasteiger partial charge in [0.15, 0.2) is 9.84 Å². The zero-order valence-electron chi connectivity index (χ0n) is 8.47. The first-order chi connectivity index (χ1) is 6.02. The van der Waals surface area contributed by atoms with Gasteiger partial charge in [0.2, 0.25) is 0 Å². The molecule has 0 amide bonds. The monoisotopic (exact) mass is 205 g/mol. The molecule has 1 aliphatic carbocycles. The fraction of sp³-hybridized carbons (Fsp3) is 1.00. The summed E-state index contributed by atoms with van der Waals surface area (Å²) in [5, 5.41) is 3.21. The minimum Gasteiger partial charge on any atom is -0.315 e. The highest BCUT2D eigenvalue weighted by Gasteiger charge is 2.45. The molecule has 3 nitrogen and oxygen atoms in total. The van der Waals surface area contributed by atoms with Crippen LogP contribution >= 0.6 is 0 Å². The number of rotatable bonds is 5. The minimum atomic E-state index is -2.87. The second-order valence-electron chi connectivity index (χ2n) is 3.99. The van der Waals surface area contributed by atoms with Crippen molar-refractivity contribution in [2.24, 2.45) is 0 Å². The lowest BCUT2D eigenvalue weighted by Crippen LogP contribution is -2.52. The summed E-state index contributed by atoms with van der Waals surface area (Å²) in [5.41, 5.74) is 0. The first kappa shape index (κ1) is 11.0. The number of nitrogens with one attached hydrogen (secondary N) is 1. The topological polar surface area (TPSA) is 46.2 Å². The van der Waals surface area contributed by atoms with E-state index in [0.717, 1.165) is 32.2 Å². The zero-order valence-corrected chi connectivity index (χ0v) is 9.28. The van der Waals surface area contributed by atoms with Crippen molar-refractivity contribution in [1.29, 1.82) is 0 Å². The van der Waals surface area contributed by atoms with Gasteiger partial charge in [-0.15, -0.1) is 0 Å². The van der Waals surface area contributed by atoms with E-state index in [0.29, 0.717) is 6.54 Å². The van der Waals surface area contributed by atoms with Crippen LogP contribution < -0.4 is 5.32 Å². The third-order valence-corrected chi connectivity index (χ3v) is 5.05. The van der Waals surface area contributed by atoms with Crippen molar-refractivity contribution in [2.45, 2.75) is 37.4 Å². The maximum Gasteiger partial charge on any atom is 0.154 e. The van der Waals surface area contributed by atoms with Crippen LogP contribution in [0.25, 0.3) is 0 Å². The van der Waals surface area contributed by atoms with Crippen molar-refractivity contribution < 1.29 is 8.42 Å². The van der Waals surface area contributed by atoms with Crippen molar-refractivity contribution in [3.8, 4) is 0 Å². The Bertz CT molecular complexity index is 255. The predicted octanol–water partition coefficient (Wildman–Crippen LogP) is 0.953. The summed E-state index contributed by atoms with van der Waals surface area (Å²) in [6.07, 6.45) is 5.14. The fourth-order valence-electron chi connectivity index (χ4n) is 1.74. The lowest BCUT2D eigenvalue weighted by Gasteiger charge is -2.40. The van der Waals surface area contributed by atoms with Gasteiger partial charge in [-0.05, 0) is 25.8 Å². The van der Waals surface area contributed by atoms with Crippen LogP contribution in [0.15, 0.2) is 0 Å². The van der Waals surface area contributed by atoms with Crippen LogP contribution in [-0.4, -0.2) is 32.5 Å². The SMILES string of the molecule is CCCNCC1(S(C)(=O)=O)CCC1. The molecular formula is C9H19NO2S. The molecule has 1 rings (SSSR count). The van der Waals surface area contributed by atoms with Crippen LogP contribution in [0.2, 0.25) is 0 Å². The lowest BCUT2D eigenvalue weighted by molar-refractivity contribution is 0.324. The molecule has 0 radical (unpaired) electrons. The third-order valence-electron chi connectivity index (χ3n) is 2.93. The van der Waals surface area contributed by atoms with Gasteiger partial charge in [0.1, 0.15) is 0 Å². The maximum atomic E-state index is 11.5. The first-order valence-electron chi connectivity index (χ1n) is 4.92. The summed E-state index contributed by atoms with van der Waals surface area (Å²) >= 11 is 0. The molecule has 1 aliphatic rings. The molecule has 0 aromatic carbocycles. The van der Waals surface area contributed by atoms with E-state index in [1.54, 1.807) is 0 Å². The molecule has 78 valence electrons. The van der Waals surface area contributed by atoms with E-state index >= 15 is 0 Å². The molecule has 4 heteroatoms. The Morgan fingerprint density at radius 1 is 1.38 bits per heavy atom. The molecule has 1 N–H and O–H groups in total. The van der Waals surface area contributed by atoms with Gasteiger partial charge in [-0.1, -0.05) is 13.3 Å². The second kappa shape index (κ2) is 3.96. The standard InChI is InChI=1S/C9H19NO2S/c1-3-7-10-8-9(5-4-6-9)13(2,11)12/h10H,3-8H2,1-2H3. The first-order valence-corrected chi connectivity index (χ1v) is 6.81. The molecule has 0 aromatic rings. The van der Waals surface area contributed by atoms with E-state index in [9.17, 15) is 8.42 Å². The second-order valence-corrected chi connectivity index (χ2v) is 6.40. The molecule has 1 fully saturated rings. The van der Waals surface area contributed by atoms with E-state index in [1.165, 1.54) is 6.26 Å². The summed E-state index contributed by atoms with van der Waals surface area (Å²) in [5.74, 6) is 0. The zero-order chi connectivity index (χ0) is 9.95.